The van der Waals surface area contributed by atoms with Gasteiger partial charge in [-0.3, -0.25) is 4.79 Å². The molecule has 2 aromatic rings. The average molecular weight is 322 g/mol. The van der Waals surface area contributed by atoms with E-state index in [-0.39, 0.29) is 5.75 Å². The van der Waals surface area contributed by atoms with Gasteiger partial charge in [-0.1, -0.05) is 17.8 Å². The van der Waals surface area contributed by atoms with Crippen molar-refractivity contribution in [3.63, 3.8) is 0 Å². The number of carboxylic acid groups (broad SMARTS) is 1. The number of imidazole rings is 1. The molecule has 0 unspecified atom stereocenters. The molecule has 0 saturated carbocycles. The van der Waals surface area contributed by atoms with Gasteiger partial charge in [0.2, 0.25) is 0 Å². The topological polar surface area (TPSA) is 55.1 Å². The van der Waals surface area contributed by atoms with Gasteiger partial charge in [0.15, 0.2) is 5.16 Å². The molecule has 1 fully saturated rings. The van der Waals surface area contributed by atoms with Crippen LogP contribution in [0.4, 0.5) is 0 Å². The summed E-state index contributed by atoms with van der Waals surface area (Å²) >= 11 is 3.32. The number of carboxylic acids is 1. The maximum absolute atomic E-state index is 10.9. The number of benzene rings is 1. The first kappa shape index (κ1) is 14.8. The van der Waals surface area contributed by atoms with E-state index in [1.54, 1.807) is 0 Å². The normalized spacial score (nSPS) is 16.4. The molecule has 0 atom stereocenters. The molecule has 1 aromatic carbocycles. The number of hydrogen-bond acceptors (Lipinski definition) is 4. The van der Waals surface area contributed by atoms with Crippen LogP contribution in [0, 0.1) is 6.92 Å². The molecule has 2 heterocycles. The van der Waals surface area contributed by atoms with Crippen molar-refractivity contribution in [3.05, 3.63) is 23.8 Å². The summed E-state index contributed by atoms with van der Waals surface area (Å²) in [4.78, 5) is 15.5. The summed E-state index contributed by atoms with van der Waals surface area (Å²) in [5.74, 6) is 1.59. The third-order valence-electron chi connectivity index (χ3n) is 3.69. The summed E-state index contributed by atoms with van der Waals surface area (Å²) in [6.07, 6.45) is 2.26. The fourth-order valence-electron chi connectivity index (χ4n) is 2.71. The summed E-state index contributed by atoms with van der Waals surface area (Å²) in [5, 5.41) is 9.78. The van der Waals surface area contributed by atoms with Crippen LogP contribution in [-0.2, 0) is 4.79 Å². The van der Waals surface area contributed by atoms with Gasteiger partial charge in [0.25, 0.3) is 0 Å². The smallest absolute Gasteiger partial charge is 0.313 e. The second-order valence-electron chi connectivity index (χ2n) is 5.28. The number of rotatable bonds is 4. The van der Waals surface area contributed by atoms with Crippen molar-refractivity contribution >= 4 is 40.5 Å². The Bertz CT molecular complexity index is 663. The molecule has 0 spiro atoms. The Hall–Kier alpha value is -1.14. The van der Waals surface area contributed by atoms with Crippen LogP contribution in [0.2, 0.25) is 0 Å². The molecular weight excluding hydrogens is 304 g/mol. The van der Waals surface area contributed by atoms with Crippen molar-refractivity contribution in [3.8, 4) is 0 Å². The van der Waals surface area contributed by atoms with E-state index in [4.69, 9.17) is 5.11 Å². The molecule has 4 nitrogen and oxygen atoms in total. The number of thioether (sulfide) groups is 2. The van der Waals surface area contributed by atoms with Gasteiger partial charge in [-0.15, -0.1) is 0 Å². The van der Waals surface area contributed by atoms with E-state index in [0.29, 0.717) is 6.04 Å². The van der Waals surface area contributed by atoms with E-state index < -0.39 is 5.97 Å². The first-order valence-electron chi connectivity index (χ1n) is 7.06. The number of carbonyl (C=O) groups is 1. The largest absolute Gasteiger partial charge is 0.481 e. The number of nitrogens with zero attached hydrogens (tertiary/aromatic N) is 2. The van der Waals surface area contributed by atoms with Gasteiger partial charge in [0.1, 0.15) is 0 Å². The molecule has 0 amide bonds. The number of hydrogen-bond donors (Lipinski definition) is 1. The van der Waals surface area contributed by atoms with E-state index in [2.05, 4.69) is 28.6 Å². The lowest BCUT2D eigenvalue weighted by atomic mass is 10.1. The minimum Gasteiger partial charge on any atom is -0.481 e. The summed E-state index contributed by atoms with van der Waals surface area (Å²) in [7, 11) is 0. The van der Waals surface area contributed by atoms with E-state index >= 15 is 0 Å². The van der Waals surface area contributed by atoms with Gasteiger partial charge in [-0.05, 0) is 49.0 Å². The summed E-state index contributed by atoms with van der Waals surface area (Å²) in [6.45, 7) is 2.08. The van der Waals surface area contributed by atoms with E-state index in [0.717, 1.165) is 29.0 Å². The Morgan fingerprint density at radius 2 is 2.24 bits per heavy atom. The fourth-order valence-corrected chi connectivity index (χ4v) is 4.59. The predicted molar refractivity (Wildman–Crippen MR) is 88.4 cm³/mol. The third kappa shape index (κ3) is 3.21. The van der Waals surface area contributed by atoms with Gasteiger partial charge in [0.05, 0.1) is 16.8 Å². The molecule has 0 bridgehead atoms. The Morgan fingerprint density at radius 3 is 2.95 bits per heavy atom. The summed E-state index contributed by atoms with van der Waals surface area (Å²) < 4.78 is 2.27. The van der Waals surface area contributed by atoms with Gasteiger partial charge in [-0.2, -0.15) is 11.8 Å². The molecule has 0 aliphatic carbocycles. The molecule has 1 aliphatic rings. The van der Waals surface area contributed by atoms with E-state index in [9.17, 15) is 4.79 Å². The van der Waals surface area contributed by atoms with Crippen LogP contribution >= 0.6 is 23.5 Å². The summed E-state index contributed by atoms with van der Waals surface area (Å²) in [6, 6.07) is 6.69. The van der Waals surface area contributed by atoms with Crippen molar-refractivity contribution in [1.82, 2.24) is 9.55 Å². The molecule has 1 aliphatic heterocycles. The van der Waals surface area contributed by atoms with Crippen LogP contribution in [-0.4, -0.2) is 37.9 Å². The van der Waals surface area contributed by atoms with Crippen molar-refractivity contribution in [2.24, 2.45) is 0 Å². The fraction of sp³-hybridized carbons (Fsp3) is 0.467. The number of fused-ring (bicyclic) bond motifs is 1. The quantitative estimate of drug-likeness (QED) is 0.872. The zero-order chi connectivity index (χ0) is 14.8. The molecule has 112 valence electrons. The second kappa shape index (κ2) is 6.32. The highest BCUT2D eigenvalue weighted by Crippen LogP contribution is 2.35. The first-order valence-corrected chi connectivity index (χ1v) is 9.20. The van der Waals surface area contributed by atoms with Crippen molar-refractivity contribution in [2.45, 2.75) is 31.0 Å². The van der Waals surface area contributed by atoms with Gasteiger partial charge in [-0.25, -0.2) is 4.98 Å². The van der Waals surface area contributed by atoms with Crippen LogP contribution in [0.1, 0.15) is 24.4 Å². The second-order valence-corrected chi connectivity index (χ2v) is 7.45. The molecular formula is C15H18N2O2S2. The minimum atomic E-state index is -0.797. The number of aliphatic carboxylic acids is 1. The molecule has 1 saturated heterocycles. The lowest BCUT2D eigenvalue weighted by Gasteiger charge is -2.25. The maximum atomic E-state index is 10.9. The Morgan fingerprint density at radius 1 is 1.48 bits per heavy atom. The lowest BCUT2D eigenvalue weighted by molar-refractivity contribution is -0.133. The zero-order valence-corrected chi connectivity index (χ0v) is 13.5. The summed E-state index contributed by atoms with van der Waals surface area (Å²) in [5.41, 5.74) is 3.31. The van der Waals surface area contributed by atoms with E-state index in [1.807, 2.05) is 17.8 Å². The Balaban J connectivity index is 2.04. The van der Waals surface area contributed by atoms with Gasteiger partial charge < -0.3 is 9.67 Å². The highest BCUT2D eigenvalue weighted by atomic mass is 32.2. The van der Waals surface area contributed by atoms with Crippen molar-refractivity contribution in [2.75, 3.05) is 17.3 Å². The SMILES string of the molecule is Cc1ccc2nc(SCC(=O)O)n(C3CCSCC3)c2c1. The molecule has 21 heavy (non-hydrogen) atoms. The zero-order valence-electron chi connectivity index (χ0n) is 11.9. The molecule has 1 aromatic heterocycles. The monoisotopic (exact) mass is 322 g/mol. The maximum Gasteiger partial charge on any atom is 0.313 e. The van der Waals surface area contributed by atoms with Crippen molar-refractivity contribution in [1.29, 1.82) is 0 Å². The predicted octanol–water partition coefficient (Wildman–Crippen LogP) is 3.59. The third-order valence-corrected chi connectivity index (χ3v) is 5.68. The standard InChI is InChI=1S/C15H18N2O2S2/c1-10-2-3-12-13(8-10)17(11-4-6-20-7-5-11)15(16-12)21-9-14(18)19/h2-3,8,11H,4-7,9H2,1H3,(H,18,19). The number of aromatic nitrogens is 2. The van der Waals surface area contributed by atoms with Crippen LogP contribution in [0.15, 0.2) is 23.4 Å². The molecule has 1 N–H and O–H groups in total. The molecule has 6 heteroatoms. The Kier molecular flexibility index (Phi) is 4.45. The molecule has 0 radical (unpaired) electrons. The van der Waals surface area contributed by atoms with Crippen molar-refractivity contribution < 1.29 is 9.90 Å². The highest BCUT2D eigenvalue weighted by molar-refractivity contribution is 7.99. The van der Waals surface area contributed by atoms with Crippen LogP contribution in [0.5, 0.6) is 0 Å². The Labute approximate surface area is 132 Å². The lowest BCUT2D eigenvalue weighted by Crippen LogP contribution is -2.16. The number of aryl methyl sites for hydroxylation is 1. The minimum absolute atomic E-state index is 0.0593. The van der Waals surface area contributed by atoms with Crippen LogP contribution < -0.4 is 0 Å². The first-order chi connectivity index (χ1) is 10.1. The van der Waals surface area contributed by atoms with E-state index in [1.165, 1.54) is 28.8 Å². The highest BCUT2D eigenvalue weighted by Gasteiger charge is 2.22. The van der Waals surface area contributed by atoms with Crippen LogP contribution in [0.25, 0.3) is 11.0 Å². The van der Waals surface area contributed by atoms with Gasteiger partial charge in [0, 0.05) is 6.04 Å². The average Bonchev–Trinajstić information content (AvgIpc) is 2.83. The van der Waals surface area contributed by atoms with Crippen LogP contribution in [0.3, 0.4) is 0 Å². The molecule has 3 rings (SSSR count). The van der Waals surface area contributed by atoms with Gasteiger partial charge >= 0.3 is 5.97 Å².